The molecule has 0 spiro atoms. The Balaban J connectivity index is 1.38. The smallest absolute Gasteiger partial charge is 0.223 e. The van der Waals surface area contributed by atoms with Crippen LogP contribution in [0.2, 0.25) is 0 Å². The predicted octanol–water partition coefficient (Wildman–Crippen LogP) is 3.97. The second-order valence-corrected chi connectivity index (χ2v) is 8.82. The van der Waals surface area contributed by atoms with E-state index in [1.54, 1.807) is 7.11 Å². The van der Waals surface area contributed by atoms with Gasteiger partial charge in [-0.05, 0) is 36.1 Å². The quantitative estimate of drug-likeness (QED) is 0.358. The molecule has 8 nitrogen and oxygen atoms in total. The summed E-state index contributed by atoms with van der Waals surface area (Å²) in [5, 5.41) is 3.75. The van der Waals surface area contributed by atoms with Gasteiger partial charge in [-0.2, -0.15) is 0 Å². The van der Waals surface area contributed by atoms with Crippen molar-refractivity contribution < 1.29 is 14.3 Å². The van der Waals surface area contributed by atoms with Gasteiger partial charge >= 0.3 is 0 Å². The van der Waals surface area contributed by atoms with E-state index in [-0.39, 0.29) is 17.9 Å². The van der Waals surface area contributed by atoms with Crippen LogP contribution in [0.15, 0.2) is 67.1 Å². The summed E-state index contributed by atoms with van der Waals surface area (Å²) in [6.07, 6.45) is 5.08. The molecule has 1 aliphatic carbocycles. The molecular weight excluding hydrogens is 442 g/mol. The van der Waals surface area contributed by atoms with Crippen LogP contribution in [0.3, 0.4) is 0 Å². The highest BCUT2D eigenvalue weighted by molar-refractivity contribution is 6.00. The van der Waals surface area contributed by atoms with E-state index in [9.17, 15) is 4.79 Å². The number of fused-ring (bicyclic) bond motifs is 1. The minimum absolute atomic E-state index is 0.00773. The zero-order chi connectivity index (χ0) is 24.2. The number of methoxy groups -OCH3 is 1. The standard InChI is InChI=1S/C27H29N5O3/c1-34-11-10-29-27(33)20-12-21(13-20)32-15-23(24-25(28)30-17-31-26(24)32)19-8-5-9-22(14-19)35-16-18-6-3-2-4-7-18/h2-9,14-15,17,20-21H,10-13,16H2,1H3,(H,29,33)(H2,28,30,31). The van der Waals surface area contributed by atoms with Crippen LogP contribution in [0.5, 0.6) is 5.75 Å². The number of nitrogens with two attached hydrogens (primary N) is 1. The Kier molecular flexibility index (Phi) is 6.63. The lowest BCUT2D eigenvalue weighted by molar-refractivity contribution is -0.128. The van der Waals surface area contributed by atoms with Crippen molar-refractivity contribution in [2.24, 2.45) is 5.92 Å². The first-order chi connectivity index (χ1) is 17.1. The van der Waals surface area contributed by atoms with Crippen molar-refractivity contribution in [1.29, 1.82) is 0 Å². The topological polar surface area (TPSA) is 104 Å². The Morgan fingerprint density at radius 3 is 2.77 bits per heavy atom. The van der Waals surface area contributed by atoms with Crippen molar-refractivity contribution in [3.8, 4) is 16.9 Å². The van der Waals surface area contributed by atoms with Gasteiger partial charge in [-0.3, -0.25) is 4.79 Å². The highest BCUT2D eigenvalue weighted by Gasteiger charge is 2.36. The molecule has 2 aromatic heterocycles. The molecule has 35 heavy (non-hydrogen) atoms. The van der Waals surface area contributed by atoms with E-state index in [2.05, 4.69) is 26.0 Å². The molecule has 1 fully saturated rings. The number of nitrogens with zero attached hydrogens (tertiary/aromatic N) is 3. The van der Waals surface area contributed by atoms with E-state index in [0.29, 0.717) is 25.6 Å². The van der Waals surface area contributed by atoms with Gasteiger partial charge in [-0.1, -0.05) is 42.5 Å². The zero-order valence-electron chi connectivity index (χ0n) is 19.7. The van der Waals surface area contributed by atoms with Gasteiger partial charge in [-0.15, -0.1) is 0 Å². The van der Waals surface area contributed by atoms with Crippen LogP contribution < -0.4 is 15.8 Å². The van der Waals surface area contributed by atoms with Crippen LogP contribution >= 0.6 is 0 Å². The Hall–Kier alpha value is -3.91. The number of carbonyl (C=O) groups is 1. The van der Waals surface area contributed by atoms with Gasteiger partial charge in [0.2, 0.25) is 5.91 Å². The summed E-state index contributed by atoms with van der Waals surface area (Å²) in [4.78, 5) is 21.2. The molecule has 180 valence electrons. The number of nitrogen functional groups attached to an aromatic ring is 1. The normalized spacial score (nSPS) is 17.2. The average molecular weight is 472 g/mol. The maximum Gasteiger partial charge on any atom is 0.223 e. The lowest BCUT2D eigenvalue weighted by Gasteiger charge is -2.35. The highest BCUT2D eigenvalue weighted by Crippen LogP contribution is 2.43. The summed E-state index contributed by atoms with van der Waals surface area (Å²) in [5.41, 5.74) is 10.1. The molecule has 4 aromatic rings. The van der Waals surface area contributed by atoms with Gasteiger partial charge in [0.15, 0.2) is 0 Å². The summed E-state index contributed by atoms with van der Waals surface area (Å²) >= 11 is 0. The van der Waals surface area contributed by atoms with Crippen molar-refractivity contribution >= 4 is 22.8 Å². The molecular formula is C27H29N5O3. The first kappa shape index (κ1) is 22.9. The summed E-state index contributed by atoms with van der Waals surface area (Å²) in [6, 6.07) is 18.2. The van der Waals surface area contributed by atoms with Gasteiger partial charge < -0.3 is 25.1 Å². The maximum atomic E-state index is 12.4. The van der Waals surface area contributed by atoms with Crippen LogP contribution in [-0.4, -0.2) is 40.7 Å². The SMILES string of the molecule is COCCNC(=O)C1CC(n2cc(-c3cccc(OCc4ccccc4)c3)c3c(N)ncnc32)C1. The largest absolute Gasteiger partial charge is 0.489 e. The number of ether oxygens (including phenoxy) is 2. The van der Waals surface area contributed by atoms with E-state index >= 15 is 0 Å². The fraction of sp³-hybridized carbons (Fsp3) is 0.296. The highest BCUT2D eigenvalue weighted by atomic mass is 16.5. The Labute approximate surface area is 204 Å². The molecule has 5 rings (SSSR count). The van der Waals surface area contributed by atoms with Gasteiger partial charge in [0.25, 0.3) is 0 Å². The first-order valence-corrected chi connectivity index (χ1v) is 11.8. The summed E-state index contributed by atoms with van der Waals surface area (Å²) in [7, 11) is 1.62. The molecule has 2 heterocycles. The van der Waals surface area contributed by atoms with Crippen molar-refractivity contribution in [2.75, 3.05) is 26.0 Å². The summed E-state index contributed by atoms with van der Waals surface area (Å²) in [5.74, 6) is 1.28. The zero-order valence-corrected chi connectivity index (χ0v) is 19.7. The second-order valence-electron chi connectivity index (χ2n) is 8.82. The summed E-state index contributed by atoms with van der Waals surface area (Å²) in [6.45, 7) is 1.53. The molecule has 1 aliphatic rings. The third-order valence-electron chi connectivity index (χ3n) is 6.51. The molecule has 3 N–H and O–H groups in total. The lowest BCUT2D eigenvalue weighted by Crippen LogP contribution is -2.40. The average Bonchev–Trinajstić information content (AvgIpc) is 3.23. The third kappa shape index (κ3) is 4.83. The molecule has 8 heteroatoms. The van der Waals surface area contributed by atoms with E-state index in [0.717, 1.165) is 46.3 Å². The van der Waals surface area contributed by atoms with Crippen LogP contribution in [0.1, 0.15) is 24.4 Å². The number of hydrogen-bond acceptors (Lipinski definition) is 6. The van der Waals surface area contributed by atoms with E-state index in [1.807, 2.05) is 54.6 Å². The number of amides is 1. The number of hydrogen-bond donors (Lipinski definition) is 2. The van der Waals surface area contributed by atoms with Gasteiger partial charge in [0, 0.05) is 37.4 Å². The van der Waals surface area contributed by atoms with Crippen molar-refractivity contribution in [1.82, 2.24) is 19.9 Å². The third-order valence-corrected chi connectivity index (χ3v) is 6.51. The number of carbonyl (C=O) groups excluding carboxylic acids is 1. The molecule has 0 atom stereocenters. The van der Waals surface area contributed by atoms with Crippen molar-refractivity contribution in [3.05, 3.63) is 72.7 Å². The number of nitrogens with one attached hydrogen (secondary N) is 1. The van der Waals surface area contributed by atoms with Gasteiger partial charge in [-0.25, -0.2) is 9.97 Å². The Morgan fingerprint density at radius 2 is 1.97 bits per heavy atom. The Morgan fingerprint density at radius 1 is 1.14 bits per heavy atom. The molecule has 1 amide bonds. The predicted molar refractivity (Wildman–Crippen MR) is 135 cm³/mol. The van der Waals surface area contributed by atoms with Crippen molar-refractivity contribution in [3.63, 3.8) is 0 Å². The second kappa shape index (κ2) is 10.1. The Bertz CT molecular complexity index is 1320. The first-order valence-electron chi connectivity index (χ1n) is 11.8. The van der Waals surface area contributed by atoms with Crippen LogP contribution in [-0.2, 0) is 16.1 Å². The van der Waals surface area contributed by atoms with Crippen LogP contribution in [0.25, 0.3) is 22.2 Å². The number of anilines is 1. The number of rotatable bonds is 9. The fourth-order valence-corrected chi connectivity index (χ4v) is 4.55. The van der Waals surface area contributed by atoms with Crippen LogP contribution in [0, 0.1) is 5.92 Å². The molecule has 0 bridgehead atoms. The van der Waals surface area contributed by atoms with E-state index in [1.165, 1.54) is 6.33 Å². The van der Waals surface area contributed by atoms with Crippen molar-refractivity contribution in [2.45, 2.75) is 25.5 Å². The maximum absolute atomic E-state index is 12.4. The molecule has 0 saturated heterocycles. The molecule has 1 saturated carbocycles. The minimum atomic E-state index is -0.00773. The summed E-state index contributed by atoms with van der Waals surface area (Å²) < 4.78 is 13.2. The van der Waals surface area contributed by atoms with E-state index < -0.39 is 0 Å². The fourth-order valence-electron chi connectivity index (χ4n) is 4.55. The van der Waals surface area contributed by atoms with Gasteiger partial charge in [0.05, 0.1) is 12.0 Å². The number of aromatic nitrogens is 3. The molecule has 0 unspecified atom stereocenters. The van der Waals surface area contributed by atoms with E-state index in [4.69, 9.17) is 15.2 Å². The molecule has 0 radical (unpaired) electrons. The van der Waals surface area contributed by atoms with Crippen LogP contribution in [0.4, 0.5) is 5.82 Å². The molecule has 2 aromatic carbocycles. The van der Waals surface area contributed by atoms with Gasteiger partial charge in [0.1, 0.15) is 30.1 Å². The number of benzene rings is 2. The minimum Gasteiger partial charge on any atom is -0.489 e. The monoisotopic (exact) mass is 471 g/mol. The lowest BCUT2D eigenvalue weighted by atomic mass is 9.79. The molecule has 0 aliphatic heterocycles.